The average Bonchev–Trinajstić information content (AvgIpc) is 2.97. The molecule has 0 saturated carbocycles. The monoisotopic (exact) mass is 303 g/mol. The number of thioether (sulfide) groups is 1. The molecule has 21 heavy (non-hydrogen) atoms. The highest BCUT2D eigenvalue weighted by molar-refractivity contribution is 8.18. The molecule has 2 heterocycles. The predicted molar refractivity (Wildman–Crippen MR) is 71.6 cm³/mol. The molecule has 3 rings (SSSR count). The number of aliphatic imine (C=N–C) groups is 1. The van der Waals surface area contributed by atoms with Crippen LogP contribution in [0.15, 0.2) is 44.6 Å². The van der Waals surface area contributed by atoms with Crippen LogP contribution in [0.1, 0.15) is 5.76 Å². The van der Waals surface area contributed by atoms with E-state index in [9.17, 15) is 19.4 Å². The van der Waals surface area contributed by atoms with Crippen molar-refractivity contribution in [2.75, 3.05) is 0 Å². The molecule has 0 saturated heterocycles. The SMILES string of the molecule is O=C1N=C([O-])S/C1=C\c1ccc(-c2ccc(F)cc2[O-])o1. The topological polar surface area (TPSA) is 88.7 Å². The van der Waals surface area contributed by atoms with E-state index in [4.69, 9.17) is 4.42 Å². The van der Waals surface area contributed by atoms with Crippen LogP contribution in [-0.2, 0) is 4.79 Å². The summed E-state index contributed by atoms with van der Waals surface area (Å²) < 4.78 is 18.3. The van der Waals surface area contributed by atoms with Crippen molar-refractivity contribution in [3.05, 3.63) is 46.8 Å². The lowest BCUT2D eigenvalue weighted by atomic mass is 10.1. The second-order valence-corrected chi connectivity index (χ2v) is 5.13. The van der Waals surface area contributed by atoms with Gasteiger partial charge in [-0.15, -0.1) is 0 Å². The number of nitrogens with zero attached hydrogens (tertiary/aromatic N) is 1. The lowest BCUT2D eigenvalue weighted by Gasteiger charge is -2.10. The molecule has 0 atom stereocenters. The quantitative estimate of drug-likeness (QED) is 0.784. The lowest BCUT2D eigenvalue weighted by Crippen LogP contribution is -2.08. The molecule has 1 aliphatic rings. The fourth-order valence-corrected chi connectivity index (χ4v) is 2.42. The van der Waals surface area contributed by atoms with Crippen molar-refractivity contribution in [3.8, 4) is 17.1 Å². The van der Waals surface area contributed by atoms with Crippen molar-refractivity contribution >= 4 is 29.0 Å². The summed E-state index contributed by atoms with van der Waals surface area (Å²) in [7, 11) is 0. The second kappa shape index (κ2) is 5.10. The first-order chi connectivity index (χ1) is 10.0. The molecule has 1 aromatic heterocycles. The molecule has 1 amide bonds. The molecule has 1 aromatic carbocycles. The summed E-state index contributed by atoms with van der Waals surface area (Å²) in [6.07, 6.45) is 1.37. The molecule has 0 unspecified atom stereocenters. The minimum atomic E-state index is -0.620. The van der Waals surface area contributed by atoms with Crippen LogP contribution in [0.2, 0.25) is 0 Å². The third kappa shape index (κ3) is 2.68. The molecule has 7 heteroatoms. The summed E-state index contributed by atoms with van der Waals surface area (Å²) in [4.78, 5) is 14.7. The van der Waals surface area contributed by atoms with Crippen molar-refractivity contribution in [1.82, 2.24) is 0 Å². The first-order valence-electron chi connectivity index (χ1n) is 5.79. The van der Waals surface area contributed by atoms with Gasteiger partial charge in [0.25, 0.3) is 5.91 Å². The van der Waals surface area contributed by atoms with Gasteiger partial charge in [0.1, 0.15) is 17.3 Å². The van der Waals surface area contributed by atoms with Crippen LogP contribution in [0.3, 0.4) is 0 Å². The number of rotatable bonds is 2. The minimum absolute atomic E-state index is 0.155. The molecule has 106 valence electrons. The Labute approximate surface area is 122 Å². The molecule has 2 aromatic rings. The van der Waals surface area contributed by atoms with Crippen molar-refractivity contribution in [3.63, 3.8) is 0 Å². The van der Waals surface area contributed by atoms with E-state index in [1.165, 1.54) is 18.2 Å². The summed E-state index contributed by atoms with van der Waals surface area (Å²) in [5, 5.41) is 22.1. The van der Waals surface area contributed by atoms with Crippen molar-refractivity contribution < 1.29 is 23.8 Å². The summed E-state index contributed by atoms with van der Waals surface area (Å²) in [6, 6.07) is 6.42. The Hall–Kier alpha value is -2.54. The zero-order valence-corrected chi connectivity index (χ0v) is 11.1. The summed E-state index contributed by atoms with van der Waals surface area (Å²) >= 11 is 0.713. The first-order valence-corrected chi connectivity index (χ1v) is 6.61. The number of carbonyl (C=O) groups is 1. The molecule has 1 aliphatic heterocycles. The van der Waals surface area contributed by atoms with E-state index in [0.29, 0.717) is 17.5 Å². The first kappa shape index (κ1) is 13.4. The van der Waals surface area contributed by atoms with Crippen molar-refractivity contribution in [2.45, 2.75) is 0 Å². The molecular formula is C14H6FNO4S-2. The van der Waals surface area contributed by atoms with E-state index in [0.717, 1.165) is 12.1 Å². The number of carbonyl (C=O) groups excluding carboxylic acids is 1. The smallest absolute Gasteiger partial charge is 0.283 e. The minimum Gasteiger partial charge on any atom is -0.872 e. The summed E-state index contributed by atoms with van der Waals surface area (Å²) in [6.45, 7) is 0. The fourth-order valence-electron chi connectivity index (χ4n) is 1.79. The van der Waals surface area contributed by atoms with Crippen LogP contribution in [-0.4, -0.2) is 11.1 Å². The predicted octanol–water partition coefficient (Wildman–Crippen LogP) is 1.49. The van der Waals surface area contributed by atoms with E-state index < -0.39 is 22.7 Å². The van der Waals surface area contributed by atoms with Crippen LogP contribution in [0.25, 0.3) is 17.4 Å². The summed E-state index contributed by atoms with van der Waals surface area (Å²) in [5.41, 5.74) is 0.215. The number of benzene rings is 1. The molecule has 0 radical (unpaired) electrons. The van der Waals surface area contributed by atoms with Crippen LogP contribution in [0.5, 0.6) is 5.75 Å². The van der Waals surface area contributed by atoms with Gasteiger partial charge in [-0.3, -0.25) is 4.79 Å². The van der Waals surface area contributed by atoms with E-state index >= 15 is 0 Å². The van der Waals surface area contributed by atoms with Gasteiger partial charge in [-0.1, -0.05) is 17.5 Å². The number of hydrogen-bond donors (Lipinski definition) is 0. The van der Waals surface area contributed by atoms with Gasteiger partial charge in [0, 0.05) is 16.9 Å². The molecular weight excluding hydrogens is 297 g/mol. The molecule has 0 bridgehead atoms. The molecule has 0 fully saturated rings. The number of amides is 1. The Balaban J connectivity index is 1.91. The van der Waals surface area contributed by atoms with Gasteiger partial charge >= 0.3 is 0 Å². The molecule has 0 aliphatic carbocycles. The number of furan rings is 1. The van der Waals surface area contributed by atoms with Crippen LogP contribution < -0.4 is 10.2 Å². The average molecular weight is 303 g/mol. The Kier molecular flexibility index (Phi) is 3.26. The molecule has 0 spiro atoms. The molecule has 5 nitrogen and oxygen atoms in total. The maximum Gasteiger partial charge on any atom is 0.283 e. The van der Waals surface area contributed by atoms with E-state index in [-0.39, 0.29) is 16.2 Å². The third-order valence-corrected chi connectivity index (χ3v) is 3.49. The van der Waals surface area contributed by atoms with Gasteiger partial charge < -0.3 is 14.6 Å². The zero-order chi connectivity index (χ0) is 15.0. The zero-order valence-electron chi connectivity index (χ0n) is 10.3. The van der Waals surface area contributed by atoms with Crippen LogP contribution >= 0.6 is 11.8 Å². The Bertz CT molecular complexity index is 794. The largest absolute Gasteiger partial charge is 0.872 e. The van der Waals surface area contributed by atoms with E-state index in [1.807, 2.05) is 0 Å². The van der Waals surface area contributed by atoms with Crippen LogP contribution in [0.4, 0.5) is 4.39 Å². The number of halogens is 1. The van der Waals surface area contributed by atoms with Crippen LogP contribution in [0, 0.1) is 5.82 Å². The van der Waals surface area contributed by atoms with Gasteiger partial charge in [-0.25, -0.2) is 9.38 Å². The highest BCUT2D eigenvalue weighted by Crippen LogP contribution is 2.31. The Morgan fingerprint density at radius 1 is 1.24 bits per heavy atom. The number of hydrogen-bond acceptors (Lipinski definition) is 5. The fraction of sp³-hybridized carbons (Fsp3) is 0. The van der Waals surface area contributed by atoms with Gasteiger partial charge in [-0.2, -0.15) is 0 Å². The standard InChI is InChI=1S/C14H8FNO4S/c15-7-1-3-9(10(17)5-7)11-4-2-8(20-11)6-12-13(18)16-14(19)21-12/h1-6,17H,(H,16,18,19)/p-2/b12-6-. The highest BCUT2D eigenvalue weighted by Gasteiger charge is 2.17. The summed E-state index contributed by atoms with van der Waals surface area (Å²) in [5.74, 6) is -1.18. The second-order valence-electron chi connectivity index (χ2n) is 4.14. The van der Waals surface area contributed by atoms with Crippen molar-refractivity contribution in [1.29, 1.82) is 0 Å². The Morgan fingerprint density at radius 2 is 2.05 bits per heavy atom. The van der Waals surface area contributed by atoms with E-state index in [2.05, 4.69) is 4.99 Å². The van der Waals surface area contributed by atoms with Gasteiger partial charge in [-0.05, 0) is 30.3 Å². The maximum absolute atomic E-state index is 12.9. The maximum atomic E-state index is 12.9. The Morgan fingerprint density at radius 3 is 2.71 bits per heavy atom. The van der Waals surface area contributed by atoms with Crippen molar-refractivity contribution in [2.24, 2.45) is 4.99 Å². The molecule has 0 N–H and O–H groups in total. The normalized spacial score (nSPS) is 16.5. The van der Waals surface area contributed by atoms with Gasteiger partial charge in [0.05, 0.1) is 4.91 Å². The van der Waals surface area contributed by atoms with E-state index in [1.54, 1.807) is 6.07 Å². The van der Waals surface area contributed by atoms with Gasteiger partial charge in [0.15, 0.2) is 0 Å². The van der Waals surface area contributed by atoms with Gasteiger partial charge in [0.2, 0.25) is 0 Å². The third-order valence-electron chi connectivity index (χ3n) is 2.71. The lowest BCUT2D eigenvalue weighted by molar-refractivity contribution is -0.267. The highest BCUT2D eigenvalue weighted by atomic mass is 32.2.